The van der Waals surface area contributed by atoms with E-state index in [1.54, 1.807) is 0 Å². The van der Waals surface area contributed by atoms with Gasteiger partial charge in [-0.25, -0.2) is 9.18 Å². The van der Waals surface area contributed by atoms with E-state index in [1.165, 1.54) is 31.4 Å². The van der Waals surface area contributed by atoms with Crippen LogP contribution in [-0.2, 0) is 9.53 Å². The smallest absolute Gasteiger partial charge is 0.337 e. The van der Waals surface area contributed by atoms with Crippen LogP contribution < -0.4 is 0 Å². The maximum Gasteiger partial charge on any atom is 0.337 e. The van der Waals surface area contributed by atoms with Crippen molar-refractivity contribution in [3.8, 4) is 0 Å². The van der Waals surface area contributed by atoms with Gasteiger partial charge in [0.15, 0.2) is 11.6 Å². The van der Waals surface area contributed by atoms with Crippen molar-refractivity contribution in [3.05, 3.63) is 41.2 Å². The molecule has 0 N–H and O–H groups in total. The topological polar surface area (TPSA) is 43.4 Å². The van der Waals surface area contributed by atoms with Gasteiger partial charge in [-0.2, -0.15) is 0 Å². The van der Waals surface area contributed by atoms with Crippen LogP contribution in [0.2, 0.25) is 0 Å². The highest BCUT2D eigenvalue weighted by Crippen LogP contribution is 2.11. The number of hydrogen-bond acceptors (Lipinski definition) is 3. The number of Topliss-reactive ketones (excluding diaryl/α,β-unsaturated/α-hetero) is 1. The fourth-order valence-corrected chi connectivity index (χ4v) is 1.08. The minimum atomic E-state index is -0.814. The Hall–Kier alpha value is -1.97. The Kier molecular flexibility index (Phi) is 3.94. The molecule has 0 unspecified atom stereocenters. The van der Waals surface area contributed by atoms with E-state index in [0.717, 1.165) is 13.0 Å². The van der Waals surface area contributed by atoms with E-state index >= 15 is 0 Å². The van der Waals surface area contributed by atoms with Crippen molar-refractivity contribution < 1.29 is 18.7 Å². The van der Waals surface area contributed by atoms with E-state index in [4.69, 9.17) is 0 Å². The van der Waals surface area contributed by atoms with E-state index < -0.39 is 17.6 Å². The maximum atomic E-state index is 13.0. The number of ether oxygens (including phenoxy) is 1. The Morgan fingerprint density at radius 2 is 1.81 bits per heavy atom. The third-order valence-electron chi connectivity index (χ3n) is 1.96. The van der Waals surface area contributed by atoms with Crippen LogP contribution in [0.15, 0.2) is 30.1 Å². The SMILES string of the molecule is COC(=O)c1ccc(/C=C(\F)C(C)=O)cc1. The summed E-state index contributed by atoms with van der Waals surface area (Å²) in [7, 11) is 1.28. The number of halogens is 1. The van der Waals surface area contributed by atoms with Crippen LogP contribution in [0.4, 0.5) is 4.39 Å². The number of ketones is 1. The van der Waals surface area contributed by atoms with Crippen LogP contribution in [0.5, 0.6) is 0 Å². The number of carbonyl (C=O) groups excluding carboxylic acids is 2. The second kappa shape index (κ2) is 5.21. The fraction of sp³-hybridized carbons (Fsp3) is 0.167. The van der Waals surface area contributed by atoms with Gasteiger partial charge in [0.2, 0.25) is 0 Å². The van der Waals surface area contributed by atoms with Gasteiger partial charge in [0.25, 0.3) is 0 Å². The molecule has 0 fully saturated rings. The van der Waals surface area contributed by atoms with Crippen LogP contribution in [0.3, 0.4) is 0 Å². The lowest BCUT2D eigenvalue weighted by Crippen LogP contribution is -2.00. The molecule has 0 bridgehead atoms. The number of carbonyl (C=O) groups is 2. The molecule has 1 aromatic rings. The number of methoxy groups -OCH3 is 1. The molecule has 0 saturated carbocycles. The lowest BCUT2D eigenvalue weighted by Gasteiger charge is -1.99. The lowest BCUT2D eigenvalue weighted by atomic mass is 10.1. The van der Waals surface area contributed by atoms with Gasteiger partial charge < -0.3 is 4.74 Å². The number of rotatable bonds is 3. The van der Waals surface area contributed by atoms with E-state index in [9.17, 15) is 14.0 Å². The Morgan fingerprint density at radius 3 is 2.25 bits per heavy atom. The first kappa shape index (κ1) is 12.1. The van der Waals surface area contributed by atoms with Crippen LogP contribution in [0.1, 0.15) is 22.8 Å². The summed E-state index contributed by atoms with van der Waals surface area (Å²) in [5, 5.41) is 0. The first-order valence-corrected chi connectivity index (χ1v) is 4.61. The second-order valence-electron chi connectivity index (χ2n) is 3.16. The molecule has 4 heteroatoms. The van der Waals surface area contributed by atoms with Gasteiger partial charge >= 0.3 is 5.97 Å². The van der Waals surface area contributed by atoms with E-state index in [1.807, 2.05) is 0 Å². The van der Waals surface area contributed by atoms with Crippen molar-refractivity contribution in [3.63, 3.8) is 0 Å². The first-order chi connectivity index (χ1) is 7.54. The standard InChI is InChI=1S/C12H11FO3/c1-8(14)11(13)7-9-3-5-10(6-4-9)12(15)16-2/h3-7H,1-2H3/b11-7-. The predicted octanol–water partition coefficient (Wildman–Crippen LogP) is 2.37. The summed E-state index contributed by atoms with van der Waals surface area (Å²) in [5.41, 5.74) is 0.892. The molecule has 0 aliphatic heterocycles. The molecular weight excluding hydrogens is 211 g/mol. The molecule has 0 saturated heterocycles. The Balaban J connectivity index is 2.91. The summed E-state index contributed by atoms with van der Waals surface area (Å²) in [4.78, 5) is 21.7. The zero-order valence-electron chi connectivity index (χ0n) is 8.99. The monoisotopic (exact) mass is 222 g/mol. The van der Waals surface area contributed by atoms with Crippen molar-refractivity contribution in [1.82, 2.24) is 0 Å². The molecule has 0 amide bonds. The fourth-order valence-electron chi connectivity index (χ4n) is 1.08. The molecule has 0 atom stereocenters. The van der Waals surface area contributed by atoms with Crippen molar-refractivity contribution in [2.45, 2.75) is 6.92 Å². The summed E-state index contributed by atoms with van der Waals surface area (Å²) in [6.45, 7) is 1.15. The molecule has 1 aromatic carbocycles. The molecule has 0 heterocycles. The average molecular weight is 222 g/mol. The highest BCUT2D eigenvalue weighted by molar-refractivity contribution is 5.95. The zero-order chi connectivity index (χ0) is 12.1. The zero-order valence-corrected chi connectivity index (χ0v) is 8.99. The molecule has 3 nitrogen and oxygen atoms in total. The Labute approximate surface area is 92.5 Å². The molecule has 16 heavy (non-hydrogen) atoms. The summed E-state index contributed by atoms with van der Waals surface area (Å²) in [6.07, 6.45) is 1.11. The van der Waals surface area contributed by atoms with Crippen LogP contribution in [-0.4, -0.2) is 18.9 Å². The third-order valence-corrected chi connectivity index (χ3v) is 1.96. The summed E-state index contributed by atoms with van der Waals surface area (Å²) >= 11 is 0. The van der Waals surface area contributed by atoms with Gasteiger partial charge in [0.1, 0.15) is 0 Å². The highest BCUT2D eigenvalue weighted by Gasteiger charge is 2.05. The summed E-state index contributed by atoms with van der Waals surface area (Å²) in [5.74, 6) is -1.90. The molecule has 0 aliphatic rings. The lowest BCUT2D eigenvalue weighted by molar-refractivity contribution is -0.114. The van der Waals surface area contributed by atoms with Crippen molar-refractivity contribution in [1.29, 1.82) is 0 Å². The number of benzene rings is 1. The Morgan fingerprint density at radius 1 is 1.25 bits per heavy atom. The van der Waals surface area contributed by atoms with Gasteiger partial charge in [-0.3, -0.25) is 4.79 Å². The molecule has 0 aromatic heterocycles. The number of hydrogen-bond donors (Lipinski definition) is 0. The van der Waals surface area contributed by atoms with Gasteiger partial charge in [0, 0.05) is 6.92 Å². The van der Waals surface area contributed by atoms with Gasteiger partial charge in [-0.05, 0) is 23.8 Å². The van der Waals surface area contributed by atoms with Crippen molar-refractivity contribution in [2.24, 2.45) is 0 Å². The van der Waals surface area contributed by atoms with E-state index in [-0.39, 0.29) is 0 Å². The average Bonchev–Trinajstić information content (AvgIpc) is 2.28. The Bertz CT molecular complexity index is 432. The largest absolute Gasteiger partial charge is 0.465 e. The minimum absolute atomic E-state index is 0.378. The van der Waals surface area contributed by atoms with Crippen molar-refractivity contribution >= 4 is 17.8 Å². The second-order valence-corrected chi connectivity index (χ2v) is 3.16. The minimum Gasteiger partial charge on any atom is -0.465 e. The summed E-state index contributed by atoms with van der Waals surface area (Å²) in [6, 6.07) is 6.08. The van der Waals surface area contributed by atoms with Crippen LogP contribution in [0, 0.1) is 0 Å². The number of esters is 1. The maximum absolute atomic E-state index is 13.0. The first-order valence-electron chi connectivity index (χ1n) is 4.61. The molecule has 0 aliphatic carbocycles. The van der Waals surface area contributed by atoms with E-state index in [2.05, 4.69) is 4.74 Å². The van der Waals surface area contributed by atoms with Gasteiger partial charge in [-0.15, -0.1) is 0 Å². The molecule has 0 spiro atoms. The third kappa shape index (κ3) is 3.02. The highest BCUT2D eigenvalue weighted by atomic mass is 19.1. The summed E-state index contributed by atoms with van der Waals surface area (Å²) < 4.78 is 17.5. The molecular formula is C12H11FO3. The quantitative estimate of drug-likeness (QED) is 0.582. The normalized spacial score (nSPS) is 11.1. The van der Waals surface area contributed by atoms with Crippen molar-refractivity contribution in [2.75, 3.05) is 7.11 Å². The van der Waals surface area contributed by atoms with Crippen LogP contribution >= 0.6 is 0 Å². The van der Waals surface area contributed by atoms with Crippen LogP contribution in [0.25, 0.3) is 6.08 Å². The number of allylic oxidation sites excluding steroid dienone is 1. The predicted molar refractivity (Wildman–Crippen MR) is 57.5 cm³/mol. The molecule has 0 radical (unpaired) electrons. The van der Waals surface area contributed by atoms with Gasteiger partial charge in [-0.1, -0.05) is 12.1 Å². The molecule has 1 rings (SSSR count). The van der Waals surface area contributed by atoms with E-state index in [0.29, 0.717) is 11.1 Å². The molecule has 84 valence electrons. The van der Waals surface area contributed by atoms with Gasteiger partial charge in [0.05, 0.1) is 12.7 Å².